The fourth-order valence-corrected chi connectivity index (χ4v) is 4.78. The summed E-state index contributed by atoms with van der Waals surface area (Å²) in [7, 11) is 1.97. The van der Waals surface area contributed by atoms with Gasteiger partial charge in [0.1, 0.15) is 0 Å². The van der Waals surface area contributed by atoms with E-state index in [-0.39, 0.29) is 11.3 Å². The zero-order chi connectivity index (χ0) is 17.2. The fraction of sp³-hybridized carbons (Fsp3) is 0.579. The third-order valence-corrected chi connectivity index (χ3v) is 6.57. The predicted octanol–water partition coefficient (Wildman–Crippen LogP) is 3.47. The highest BCUT2D eigenvalue weighted by molar-refractivity contribution is 7.18. The molecule has 2 heterocycles. The third-order valence-electron chi connectivity index (χ3n) is 5.54. The molecule has 0 radical (unpaired) electrons. The summed E-state index contributed by atoms with van der Waals surface area (Å²) in [5, 5.41) is 4.43. The molecule has 1 fully saturated rings. The van der Waals surface area contributed by atoms with Crippen LogP contribution >= 0.6 is 11.3 Å². The lowest BCUT2D eigenvalue weighted by Gasteiger charge is -2.36. The number of carbonyl (C=O) groups excluding carboxylic acids is 1. The number of fused-ring (bicyclic) bond motifs is 1. The van der Waals surface area contributed by atoms with E-state index in [0.717, 1.165) is 49.3 Å². The summed E-state index contributed by atoms with van der Waals surface area (Å²) in [4.78, 5) is 20.1. The largest absolute Gasteiger partial charge is 0.341 e. The van der Waals surface area contributed by atoms with Crippen molar-refractivity contribution >= 4 is 27.5 Å². The van der Waals surface area contributed by atoms with Gasteiger partial charge in [0.25, 0.3) is 0 Å². The van der Waals surface area contributed by atoms with Crippen molar-refractivity contribution in [2.75, 3.05) is 20.1 Å². The molecule has 0 bridgehead atoms. The van der Waals surface area contributed by atoms with Crippen LogP contribution in [0.1, 0.15) is 38.1 Å². The Morgan fingerprint density at radius 2 is 2.12 bits per heavy atom. The molecule has 1 aromatic heterocycles. The Morgan fingerprint density at radius 1 is 1.38 bits per heavy atom. The molecular weight excluding hydrogens is 318 g/mol. The molecule has 4 nitrogen and oxygen atoms in total. The summed E-state index contributed by atoms with van der Waals surface area (Å²) in [6.07, 6.45) is 3.49. The smallest absolute Gasteiger partial charge is 0.229 e. The van der Waals surface area contributed by atoms with Crippen molar-refractivity contribution in [1.29, 1.82) is 0 Å². The molecule has 5 heteroatoms. The lowest BCUT2D eigenvalue weighted by molar-refractivity contribution is -0.143. The van der Waals surface area contributed by atoms with Crippen LogP contribution in [0, 0.1) is 5.41 Å². The number of carbonyl (C=O) groups is 1. The predicted molar refractivity (Wildman–Crippen MR) is 100 cm³/mol. The van der Waals surface area contributed by atoms with Gasteiger partial charge in [0, 0.05) is 26.1 Å². The van der Waals surface area contributed by atoms with Gasteiger partial charge in [-0.25, -0.2) is 4.98 Å². The summed E-state index contributed by atoms with van der Waals surface area (Å²) >= 11 is 1.72. The standard InChI is InChI=1S/C19H27N3OS/c1-4-19(5-2,18(23)22(3)14-10-11-20-13-14)12-17-21-15-8-6-7-9-16(15)24-17/h6-9,14,20H,4-5,10-13H2,1-3H3. The Hall–Kier alpha value is -1.46. The molecule has 24 heavy (non-hydrogen) atoms. The maximum atomic E-state index is 13.3. The van der Waals surface area contributed by atoms with Crippen molar-refractivity contribution in [2.24, 2.45) is 5.41 Å². The van der Waals surface area contributed by atoms with Gasteiger partial charge in [-0.3, -0.25) is 4.79 Å². The van der Waals surface area contributed by atoms with E-state index in [1.165, 1.54) is 4.70 Å². The van der Waals surface area contributed by atoms with Crippen molar-refractivity contribution in [3.05, 3.63) is 29.3 Å². The molecule has 0 saturated carbocycles. The first-order chi connectivity index (χ1) is 11.6. The van der Waals surface area contributed by atoms with E-state index in [0.29, 0.717) is 6.04 Å². The van der Waals surface area contributed by atoms with Crippen molar-refractivity contribution < 1.29 is 4.79 Å². The zero-order valence-electron chi connectivity index (χ0n) is 14.8. The van der Waals surface area contributed by atoms with Crippen LogP contribution in [0.25, 0.3) is 10.2 Å². The third kappa shape index (κ3) is 3.20. The van der Waals surface area contributed by atoms with Gasteiger partial charge in [0.05, 0.1) is 20.6 Å². The van der Waals surface area contributed by atoms with Gasteiger partial charge in [0.15, 0.2) is 0 Å². The second-order valence-corrected chi connectivity index (χ2v) is 7.92. The van der Waals surface area contributed by atoms with Gasteiger partial charge in [-0.15, -0.1) is 11.3 Å². The molecule has 1 aliphatic rings. The number of nitrogens with one attached hydrogen (secondary N) is 1. The molecule has 0 aliphatic carbocycles. The normalized spacial score (nSPS) is 18.2. The number of aromatic nitrogens is 1. The number of likely N-dealkylation sites (N-methyl/N-ethyl adjacent to an activating group) is 1. The number of nitrogens with zero attached hydrogens (tertiary/aromatic N) is 2. The quantitative estimate of drug-likeness (QED) is 0.872. The van der Waals surface area contributed by atoms with Crippen molar-refractivity contribution in [3.63, 3.8) is 0 Å². The molecular formula is C19H27N3OS. The van der Waals surface area contributed by atoms with Crippen molar-refractivity contribution in [1.82, 2.24) is 15.2 Å². The summed E-state index contributed by atoms with van der Waals surface area (Å²) in [6, 6.07) is 8.54. The Bertz CT molecular complexity index is 668. The molecule has 1 atom stereocenters. The molecule has 1 unspecified atom stereocenters. The molecule has 1 amide bonds. The Labute approximate surface area is 148 Å². The Balaban J connectivity index is 1.85. The Morgan fingerprint density at radius 3 is 2.75 bits per heavy atom. The molecule has 1 N–H and O–H groups in total. The van der Waals surface area contributed by atoms with E-state index in [2.05, 4.69) is 25.2 Å². The van der Waals surface area contributed by atoms with E-state index in [4.69, 9.17) is 4.98 Å². The number of benzene rings is 1. The van der Waals surface area contributed by atoms with E-state index in [1.54, 1.807) is 11.3 Å². The van der Waals surface area contributed by atoms with Crippen LogP contribution < -0.4 is 5.32 Å². The first-order valence-corrected chi connectivity index (χ1v) is 9.73. The first-order valence-electron chi connectivity index (χ1n) is 8.92. The first kappa shape index (κ1) is 17.4. The summed E-state index contributed by atoms with van der Waals surface area (Å²) in [6.45, 7) is 6.18. The maximum Gasteiger partial charge on any atom is 0.229 e. The van der Waals surface area contributed by atoms with E-state index in [9.17, 15) is 4.79 Å². The van der Waals surface area contributed by atoms with Gasteiger partial charge in [-0.2, -0.15) is 0 Å². The van der Waals surface area contributed by atoms with E-state index >= 15 is 0 Å². The lowest BCUT2D eigenvalue weighted by atomic mass is 9.77. The molecule has 2 aromatic rings. The minimum Gasteiger partial charge on any atom is -0.341 e. The number of rotatable bonds is 6. The zero-order valence-corrected chi connectivity index (χ0v) is 15.7. The van der Waals surface area contributed by atoms with Crippen LogP contribution in [0.4, 0.5) is 0 Å². The average Bonchev–Trinajstić information content (AvgIpc) is 3.27. The van der Waals surface area contributed by atoms with Gasteiger partial charge in [-0.05, 0) is 37.9 Å². The molecule has 1 aromatic carbocycles. The summed E-state index contributed by atoms with van der Waals surface area (Å²) in [5.41, 5.74) is 0.699. The number of hydrogen-bond acceptors (Lipinski definition) is 4. The minimum absolute atomic E-state index is 0.278. The number of para-hydroxylation sites is 1. The monoisotopic (exact) mass is 345 g/mol. The second kappa shape index (κ2) is 7.19. The van der Waals surface area contributed by atoms with Gasteiger partial charge >= 0.3 is 0 Å². The van der Waals surface area contributed by atoms with Crippen LogP contribution in [-0.4, -0.2) is 42.0 Å². The maximum absolute atomic E-state index is 13.3. The topological polar surface area (TPSA) is 45.2 Å². The molecule has 3 rings (SSSR count). The number of thiazole rings is 1. The minimum atomic E-state index is -0.342. The van der Waals surface area contributed by atoms with Gasteiger partial charge in [-0.1, -0.05) is 26.0 Å². The summed E-state index contributed by atoms with van der Waals surface area (Å²) < 4.78 is 1.20. The molecule has 1 aliphatic heterocycles. The number of hydrogen-bond donors (Lipinski definition) is 1. The lowest BCUT2D eigenvalue weighted by Crippen LogP contribution is -2.48. The fourth-order valence-electron chi connectivity index (χ4n) is 3.67. The number of amides is 1. The van der Waals surface area contributed by atoms with Crippen molar-refractivity contribution in [2.45, 2.75) is 45.6 Å². The van der Waals surface area contributed by atoms with Crippen LogP contribution in [0.15, 0.2) is 24.3 Å². The van der Waals surface area contributed by atoms with Crippen LogP contribution in [-0.2, 0) is 11.2 Å². The van der Waals surface area contributed by atoms with Crippen LogP contribution in [0.2, 0.25) is 0 Å². The van der Waals surface area contributed by atoms with Crippen molar-refractivity contribution in [3.8, 4) is 0 Å². The highest BCUT2D eigenvalue weighted by Gasteiger charge is 2.40. The van der Waals surface area contributed by atoms with Gasteiger partial charge < -0.3 is 10.2 Å². The SMILES string of the molecule is CCC(CC)(Cc1nc2ccccc2s1)C(=O)N(C)C1CCNC1. The Kier molecular flexibility index (Phi) is 5.21. The molecule has 1 saturated heterocycles. The van der Waals surface area contributed by atoms with Crippen LogP contribution in [0.5, 0.6) is 0 Å². The molecule has 0 spiro atoms. The van der Waals surface area contributed by atoms with E-state index in [1.807, 2.05) is 30.1 Å². The van der Waals surface area contributed by atoms with E-state index < -0.39 is 0 Å². The average molecular weight is 346 g/mol. The highest BCUT2D eigenvalue weighted by atomic mass is 32.1. The second-order valence-electron chi connectivity index (χ2n) is 6.80. The highest BCUT2D eigenvalue weighted by Crippen LogP contribution is 2.36. The van der Waals surface area contributed by atoms with Gasteiger partial charge in [0.2, 0.25) is 5.91 Å². The summed E-state index contributed by atoms with van der Waals surface area (Å²) in [5.74, 6) is 0.278. The van der Waals surface area contributed by atoms with Crippen LogP contribution in [0.3, 0.4) is 0 Å². The molecule has 130 valence electrons.